The molecule has 32 heavy (non-hydrogen) atoms. The minimum atomic E-state index is -1.05. The Hall–Kier alpha value is -2.52. The Morgan fingerprint density at radius 3 is 2.69 bits per heavy atom. The number of hydrogen-bond donors (Lipinski definition) is 1. The van der Waals surface area contributed by atoms with E-state index in [9.17, 15) is 9.59 Å². The molecule has 1 N–H and O–H groups in total. The minimum absolute atomic E-state index is 0.195. The lowest BCUT2D eigenvalue weighted by molar-refractivity contribution is -0.139. The third kappa shape index (κ3) is 5.10. The molecule has 1 aliphatic rings. The molecule has 0 unspecified atom stereocenters. The van der Waals surface area contributed by atoms with Crippen LogP contribution in [0.2, 0.25) is 0 Å². The highest BCUT2D eigenvalue weighted by Gasteiger charge is 2.22. The van der Waals surface area contributed by atoms with Crippen molar-refractivity contribution in [3.63, 3.8) is 0 Å². The fourth-order valence-corrected chi connectivity index (χ4v) is 4.75. The van der Waals surface area contributed by atoms with E-state index in [1.807, 2.05) is 12.1 Å². The predicted molar refractivity (Wildman–Crippen MR) is 130 cm³/mol. The molecule has 3 aromatic rings. The second-order valence-electron chi connectivity index (χ2n) is 7.70. The summed E-state index contributed by atoms with van der Waals surface area (Å²) in [5, 5.41) is 13.8. The summed E-state index contributed by atoms with van der Waals surface area (Å²) >= 11 is 6.82. The summed E-state index contributed by atoms with van der Waals surface area (Å²) in [4.78, 5) is 28.9. The fourth-order valence-electron chi connectivity index (χ4n) is 3.88. The highest BCUT2D eigenvalue weighted by Crippen LogP contribution is 2.32. The lowest BCUT2D eigenvalue weighted by atomic mass is 9.88. The zero-order valence-corrected chi connectivity index (χ0v) is 20.3. The summed E-state index contributed by atoms with van der Waals surface area (Å²) in [6, 6.07) is 10.7. The van der Waals surface area contributed by atoms with E-state index in [1.54, 1.807) is 30.5 Å². The summed E-state index contributed by atoms with van der Waals surface area (Å²) in [7, 11) is 0. The van der Waals surface area contributed by atoms with Gasteiger partial charge in [0.05, 0.1) is 21.6 Å². The average molecular weight is 563 g/mol. The van der Waals surface area contributed by atoms with Gasteiger partial charge < -0.3 is 9.84 Å². The van der Waals surface area contributed by atoms with Gasteiger partial charge in [-0.1, -0.05) is 35.2 Å². The van der Waals surface area contributed by atoms with Gasteiger partial charge >= 0.3 is 5.97 Å². The van der Waals surface area contributed by atoms with Crippen LogP contribution in [-0.4, -0.2) is 33.6 Å². The molecule has 9 heteroatoms. The summed E-state index contributed by atoms with van der Waals surface area (Å²) in [6.45, 7) is -0.426. The van der Waals surface area contributed by atoms with Crippen LogP contribution >= 0.6 is 31.9 Å². The number of aromatic nitrogens is 2. The van der Waals surface area contributed by atoms with Crippen LogP contribution in [0.25, 0.3) is 10.9 Å². The maximum atomic E-state index is 13.3. The van der Waals surface area contributed by atoms with E-state index < -0.39 is 12.6 Å². The first-order chi connectivity index (χ1) is 15.4. The van der Waals surface area contributed by atoms with Crippen molar-refractivity contribution >= 4 is 54.9 Å². The number of nitrogens with zero attached hydrogens (tertiary/aromatic N) is 3. The zero-order valence-electron chi connectivity index (χ0n) is 17.1. The number of hydrogen-bond acceptors (Lipinski definition) is 5. The molecule has 0 radical (unpaired) electrons. The lowest BCUT2D eigenvalue weighted by Gasteiger charge is -2.22. The van der Waals surface area contributed by atoms with Crippen molar-refractivity contribution in [2.75, 3.05) is 6.61 Å². The second-order valence-corrected chi connectivity index (χ2v) is 9.47. The van der Waals surface area contributed by atoms with Crippen LogP contribution in [-0.2, 0) is 4.79 Å². The standard InChI is InChI=1S/C23H21Br2N3O4/c24-16-7-8-19-17(11-16)23(31)28(22(27-19)15-4-2-1-3-5-15)26-12-14-6-9-20(18(25)10-14)32-13-21(29)30/h6-12,15H,1-5,13H2,(H,29,30). The number of aliphatic carboxylic acids is 1. The quantitative estimate of drug-likeness (QED) is 0.411. The maximum absolute atomic E-state index is 13.3. The van der Waals surface area contributed by atoms with E-state index >= 15 is 0 Å². The summed E-state index contributed by atoms with van der Waals surface area (Å²) in [5.41, 5.74) is 1.21. The van der Waals surface area contributed by atoms with Gasteiger partial charge in [0.1, 0.15) is 11.6 Å². The van der Waals surface area contributed by atoms with E-state index in [-0.39, 0.29) is 11.5 Å². The average Bonchev–Trinajstić information content (AvgIpc) is 2.78. The van der Waals surface area contributed by atoms with Gasteiger partial charge in [-0.05, 0) is 70.7 Å². The van der Waals surface area contributed by atoms with Crippen molar-refractivity contribution in [3.05, 3.63) is 67.1 Å². The zero-order chi connectivity index (χ0) is 22.7. The first-order valence-electron chi connectivity index (χ1n) is 10.3. The summed E-state index contributed by atoms with van der Waals surface area (Å²) < 4.78 is 8.07. The molecule has 7 nitrogen and oxygen atoms in total. The predicted octanol–water partition coefficient (Wildman–Crippen LogP) is 5.31. The second kappa shape index (κ2) is 9.95. The van der Waals surface area contributed by atoms with Crippen LogP contribution in [0.5, 0.6) is 5.75 Å². The van der Waals surface area contributed by atoms with Crippen LogP contribution in [0.4, 0.5) is 0 Å². The van der Waals surface area contributed by atoms with E-state index in [0.717, 1.165) is 35.7 Å². The lowest BCUT2D eigenvalue weighted by Crippen LogP contribution is -2.25. The number of carboxylic acids is 1. The molecule has 0 aliphatic heterocycles. The van der Waals surface area contributed by atoms with E-state index in [4.69, 9.17) is 14.8 Å². The Labute approximate surface area is 201 Å². The number of rotatable bonds is 6. The van der Waals surface area contributed by atoms with Crippen LogP contribution < -0.4 is 10.3 Å². The van der Waals surface area contributed by atoms with Crippen LogP contribution in [0.3, 0.4) is 0 Å². The number of benzene rings is 2. The molecule has 0 amide bonds. The molecular weight excluding hydrogens is 542 g/mol. The van der Waals surface area contributed by atoms with Gasteiger partial charge in [-0.3, -0.25) is 4.79 Å². The molecule has 1 fully saturated rings. The topological polar surface area (TPSA) is 93.8 Å². The van der Waals surface area contributed by atoms with E-state index in [1.165, 1.54) is 11.1 Å². The molecule has 0 saturated heterocycles. The molecule has 166 valence electrons. The minimum Gasteiger partial charge on any atom is -0.481 e. The molecule has 1 aliphatic carbocycles. The van der Waals surface area contributed by atoms with Crippen LogP contribution in [0.15, 0.2) is 55.2 Å². The maximum Gasteiger partial charge on any atom is 0.341 e. The van der Waals surface area contributed by atoms with Crippen molar-refractivity contribution in [3.8, 4) is 5.75 Å². The van der Waals surface area contributed by atoms with Crippen molar-refractivity contribution in [1.82, 2.24) is 9.66 Å². The molecule has 2 aromatic carbocycles. The Morgan fingerprint density at radius 2 is 1.97 bits per heavy atom. The van der Waals surface area contributed by atoms with Gasteiger partial charge in [0.15, 0.2) is 6.61 Å². The Bertz CT molecular complexity index is 1250. The smallest absolute Gasteiger partial charge is 0.341 e. The third-order valence-electron chi connectivity index (χ3n) is 5.43. The normalized spacial score (nSPS) is 14.8. The molecule has 1 saturated carbocycles. The first-order valence-corrected chi connectivity index (χ1v) is 11.9. The molecule has 0 atom stereocenters. The van der Waals surface area contributed by atoms with Gasteiger partial charge in [0, 0.05) is 10.4 Å². The van der Waals surface area contributed by atoms with Gasteiger partial charge in [0.25, 0.3) is 5.56 Å². The summed E-state index contributed by atoms with van der Waals surface area (Å²) in [5.74, 6) is 0.260. The highest BCUT2D eigenvalue weighted by atomic mass is 79.9. The molecule has 0 spiro atoms. The molecule has 1 heterocycles. The Morgan fingerprint density at radius 1 is 1.19 bits per heavy atom. The summed E-state index contributed by atoms with van der Waals surface area (Å²) in [6.07, 6.45) is 7.02. The van der Waals surface area contributed by atoms with Gasteiger partial charge in [0.2, 0.25) is 0 Å². The Kier molecular flexibility index (Phi) is 7.05. The van der Waals surface area contributed by atoms with Crippen molar-refractivity contribution in [2.45, 2.75) is 38.0 Å². The third-order valence-corrected chi connectivity index (χ3v) is 6.55. The van der Waals surface area contributed by atoms with Crippen molar-refractivity contribution in [1.29, 1.82) is 0 Å². The molecular formula is C23H21Br2N3O4. The molecule has 0 bridgehead atoms. The fraction of sp³-hybridized carbons (Fsp3) is 0.304. The van der Waals surface area contributed by atoms with Crippen LogP contribution in [0.1, 0.15) is 49.4 Å². The van der Waals surface area contributed by atoms with Crippen molar-refractivity contribution < 1.29 is 14.6 Å². The van der Waals surface area contributed by atoms with Gasteiger partial charge in [-0.15, -0.1) is 0 Å². The van der Waals surface area contributed by atoms with Gasteiger partial charge in [-0.25, -0.2) is 9.78 Å². The van der Waals surface area contributed by atoms with E-state index in [0.29, 0.717) is 26.9 Å². The largest absolute Gasteiger partial charge is 0.481 e. The Balaban J connectivity index is 1.73. The van der Waals surface area contributed by atoms with Gasteiger partial charge in [-0.2, -0.15) is 9.78 Å². The first kappa shape index (κ1) is 22.7. The SMILES string of the molecule is O=C(O)COc1ccc(C=Nn2c(C3CCCCC3)nc3ccc(Br)cc3c2=O)cc1Br. The number of halogens is 2. The molecule has 4 rings (SSSR count). The number of ether oxygens (including phenoxy) is 1. The monoisotopic (exact) mass is 561 g/mol. The highest BCUT2D eigenvalue weighted by molar-refractivity contribution is 9.10. The number of carbonyl (C=O) groups is 1. The van der Waals surface area contributed by atoms with Crippen molar-refractivity contribution in [2.24, 2.45) is 5.10 Å². The van der Waals surface area contributed by atoms with E-state index in [2.05, 4.69) is 37.0 Å². The molecule has 1 aromatic heterocycles. The number of fused-ring (bicyclic) bond motifs is 1. The number of carboxylic acid groups (broad SMARTS) is 1. The van der Waals surface area contributed by atoms with Crippen LogP contribution in [0, 0.1) is 0 Å².